The maximum Gasteiger partial charge on any atom is 0.227 e. The Kier molecular flexibility index (Phi) is 5.52. The molecule has 0 aromatic carbocycles. The number of aromatic nitrogens is 2. The molecule has 20 heavy (non-hydrogen) atoms. The number of carbonyl (C=O) groups is 1. The van der Waals surface area contributed by atoms with Crippen LogP contribution in [0.15, 0.2) is 4.52 Å². The summed E-state index contributed by atoms with van der Waals surface area (Å²) in [5.41, 5.74) is 0. The van der Waals surface area contributed by atoms with Gasteiger partial charge in [-0.3, -0.25) is 4.79 Å². The van der Waals surface area contributed by atoms with Gasteiger partial charge in [-0.2, -0.15) is 4.98 Å². The number of amides is 1. The lowest BCUT2D eigenvalue weighted by molar-refractivity contribution is -0.138. The Bertz CT molecular complexity index is 433. The Morgan fingerprint density at radius 3 is 3.00 bits per heavy atom. The van der Waals surface area contributed by atoms with Crippen LogP contribution in [-0.4, -0.2) is 46.7 Å². The van der Waals surface area contributed by atoms with Crippen molar-refractivity contribution in [3.8, 4) is 0 Å². The number of aryl methyl sites for hydroxylation is 2. The maximum atomic E-state index is 12.1. The van der Waals surface area contributed by atoms with Crippen molar-refractivity contribution in [3.63, 3.8) is 0 Å². The molecule has 0 N–H and O–H groups in total. The number of ether oxygens (including phenoxy) is 1. The molecule has 0 aliphatic carbocycles. The molecule has 2 rings (SSSR count). The van der Waals surface area contributed by atoms with Gasteiger partial charge in [0, 0.05) is 32.4 Å². The number of nitrogens with zero attached hydrogens (tertiary/aromatic N) is 3. The summed E-state index contributed by atoms with van der Waals surface area (Å²) >= 11 is 0. The molecule has 6 nitrogen and oxygen atoms in total. The second-order valence-electron chi connectivity index (χ2n) is 5.10. The molecule has 1 fully saturated rings. The third kappa shape index (κ3) is 4.03. The highest BCUT2D eigenvalue weighted by molar-refractivity contribution is 5.76. The summed E-state index contributed by atoms with van der Waals surface area (Å²) in [7, 11) is 0. The van der Waals surface area contributed by atoms with Crippen LogP contribution in [0.3, 0.4) is 0 Å². The largest absolute Gasteiger partial charge is 0.375 e. The smallest absolute Gasteiger partial charge is 0.227 e. The van der Waals surface area contributed by atoms with E-state index in [9.17, 15) is 4.79 Å². The first-order chi connectivity index (χ1) is 9.72. The molecule has 0 radical (unpaired) electrons. The molecule has 1 saturated heterocycles. The predicted octanol–water partition coefficient (Wildman–Crippen LogP) is 1.59. The molecule has 0 saturated carbocycles. The fourth-order valence-corrected chi connectivity index (χ4v) is 2.28. The van der Waals surface area contributed by atoms with Crippen LogP contribution in [0.4, 0.5) is 0 Å². The second-order valence-corrected chi connectivity index (χ2v) is 5.10. The third-order valence-corrected chi connectivity index (χ3v) is 3.48. The SMILES string of the molecule is CCCc1noc(CCC(=O)N2CCOC(CC)C2)n1. The molecule has 6 heteroatoms. The van der Waals surface area contributed by atoms with Gasteiger partial charge in [0.15, 0.2) is 5.82 Å². The Morgan fingerprint density at radius 2 is 2.25 bits per heavy atom. The monoisotopic (exact) mass is 281 g/mol. The van der Waals surface area contributed by atoms with E-state index in [0.717, 1.165) is 25.1 Å². The molecular formula is C14H23N3O3. The first-order valence-electron chi connectivity index (χ1n) is 7.43. The van der Waals surface area contributed by atoms with E-state index in [0.29, 0.717) is 38.4 Å². The van der Waals surface area contributed by atoms with E-state index in [1.165, 1.54) is 0 Å². The van der Waals surface area contributed by atoms with Crippen LogP contribution in [0.2, 0.25) is 0 Å². The topological polar surface area (TPSA) is 68.5 Å². The van der Waals surface area contributed by atoms with E-state index in [-0.39, 0.29) is 12.0 Å². The predicted molar refractivity (Wildman–Crippen MR) is 73.2 cm³/mol. The molecule has 1 unspecified atom stereocenters. The maximum absolute atomic E-state index is 12.1. The zero-order valence-electron chi connectivity index (χ0n) is 12.3. The van der Waals surface area contributed by atoms with Gasteiger partial charge < -0.3 is 14.2 Å². The van der Waals surface area contributed by atoms with Crippen LogP contribution in [0.1, 0.15) is 44.8 Å². The van der Waals surface area contributed by atoms with E-state index in [2.05, 4.69) is 24.0 Å². The molecule has 2 heterocycles. The quantitative estimate of drug-likeness (QED) is 0.792. The summed E-state index contributed by atoms with van der Waals surface area (Å²) in [4.78, 5) is 18.3. The van der Waals surface area contributed by atoms with Gasteiger partial charge in [0.25, 0.3) is 0 Å². The van der Waals surface area contributed by atoms with Gasteiger partial charge in [-0.15, -0.1) is 0 Å². The number of morpholine rings is 1. The molecule has 1 amide bonds. The van der Waals surface area contributed by atoms with E-state index >= 15 is 0 Å². The summed E-state index contributed by atoms with van der Waals surface area (Å²) in [6, 6.07) is 0. The van der Waals surface area contributed by atoms with Gasteiger partial charge in [-0.05, 0) is 12.8 Å². The summed E-state index contributed by atoms with van der Waals surface area (Å²) in [6.07, 6.45) is 3.86. The zero-order chi connectivity index (χ0) is 14.4. The molecule has 1 aromatic rings. The van der Waals surface area contributed by atoms with Crippen LogP contribution in [0, 0.1) is 0 Å². The average molecular weight is 281 g/mol. The van der Waals surface area contributed by atoms with Gasteiger partial charge >= 0.3 is 0 Å². The van der Waals surface area contributed by atoms with Crippen LogP contribution in [0.25, 0.3) is 0 Å². The van der Waals surface area contributed by atoms with E-state index in [4.69, 9.17) is 9.26 Å². The minimum Gasteiger partial charge on any atom is -0.375 e. The van der Waals surface area contributed by atoms with E-state index in [1.807, 2.05) is 4.90 Å². The molecule has 1 aliphatic rings. The normalized spacial score (nSPS) is 19.3. The Balaban J connectivity index is 1.79. The fraction of sp³-hybridized carbons (Fsp3) is 0.786. The molecule has 1 aromatic heterocycles. The summed E-state index contributed by atoms with van der Waals surface area (Å²) in [5.74, 6) is 1.43. The minimum atomic E-state index is 0.141. The highest BCUT2D eigenvalue weighted by atomic mass is 16.5. The molecule has 0 bridgehead atoms. The van der Waals surface area contributed by atoms with Gasteiger partial charge in [0.1, 0.15) is 0 Å². The minimum absolute atomic E-state index is 0.141. The number of hydrogen-bond donors (Lipinski definition) is 0. The molecule has 112 valence electrons. The lowest BCUT2D eigenvalue weighted by atomic mass is 10.2. The van der Waals surface area contributed by atoms with Gasteiger partial charge in [0.05, 0.1) is 12.7 Å². The van der Waals surface area contributed by atoms with Crippen molar-refractivity contribution in [1.82, 2.24) is 15.0 Å². The van der Waals surface area contributed by atoms with E-state index in [1.54, 1.807) is 0 Å². The number of carbonyl (C=O) groups excluding carboxylic acids is 1. The highest BCUT2D eigenvalue weighted by Gasteiger charge is 2.23. The van der Waals surface area contributed by atoms with Crippen molar-refractivity contribution in [2.45, 2.75) is 52.1 Å². The van der Waals surface area contributed by atoms with Crippen molar-refractivity contribution < 1.29 is 14.1 Å². The summed E-state index contributed by atoms with van der Waals surface area (Å²) in [6.45, 7) is 6.15. The fourth-order valence-electron chi connectivity index (χ4n) is 2.28. The second kappa shape index (κ2) is 7.38. The Morgan fingerprint density at radius 1 is 1.40 bits per heavy atom. The number of rotatable bonds is 6. The van der Waals surface area contributed by atoms with Crippen molar-refractivity contribution in [2.24, 2.45) is 0 Å². The molecule has 1 atom stereocenters. The zero-order valence-corrected chi connectivity index (χ0v) is 12.3. The summed E-state index contributed by atoms with van der Waals surface area (Å²) < 4.78 is 10.7. The van der Waals surface area contributed by atoms with E-state index < -0.39 is 0 Å². The molecule has 1 aliphatic heterocycles. The molecular weight excluding hydrogens is 258 g/mol. The number of hydrogen-bond acceptors (Lipinski definition) is 5. The van der Waals surface area contributed by atoms with Gasteiger partial charge in [0.2, 0.25) is 11.8 Å². The van der Waals surface area contributed by atoms with Crippen LogP contribution in [-0.2, 0) is 22.4 Å². The van der Waals surface area contributed by atoms with Gasteiger partial charge in [-0.25, -0.2) is 0 Å². The lowest BCUT2D eigenvalue weighted by Crippen LogP contribution is -2.45. The average Bonchev–Trinajstić information content (AvgIpc) is 2.93. The third-order valence-electron chi connectivity index (χ3n) is 3.48. The van der Waals surface area contributed by atoms with Crippen molar-refractivity contribution in [1.29, 1.82) is 0 Å². The van der Waals surface area contributed by atoms with Crippen LogP contribution in [0.5, 0.6) is 0 Å². The van der Waals surface area contributed by atoms with Crippen molar-refractivity contribution in [3.05, 3.63) is 11.7 Å². The van der Waals surface area contributed by atoms with Crippen molar-refractivity contribution in [2.75, 3.05) is 19.7 Å². The van der Waals surface area contributed by atoms with Crippen LogP contribution >= 0.6 is 0 Å². The highest BCUT2D eigenvalue weighted by Crippen LogP contribution is 2.11. The molecule has 0 spiro atoms. The Labute approximate surface area is 119 Å². The van der Waals surface area contributed by atoms with Gasteiger partial charge in [-0.1, -0.05) is 19.0 Å². The Hall–Kier alpha value is -1.43. The first kappa shape index (κ1) is 15.0. The standard InChI is InChI=1S/C14H23N3O3/c1-3-5-12-15-13(20-16-12)6-7-14(18)17-8-9-19-11(4-2)10-17/h11H,3-10H2,1-2H3. The van der Waals surface area contributed by atoms with Crippen molar-refractivity contribution >= 4 is 5.91 Å². The summed E-state index contributed by atoms with van der Waals surface area (Å²) in [5, 5.41) is 3.89. The van der Waals surface area contributed by atoms with Crippen LogP contribution < -0.4 is 0 Å². The lowest BCUT2D eigenvalue weighted by Gasteiger charge is -2.32. The first-order valence-corrected chi connectivity index (χ1v) is 7.43.